The van der Waals surface area contributed by atoms with Gasteiger partial charge in [0.25, 0.3) is 0 Å². The van der Waals surface area contributed by atoms with Crippen molar-refractivity contribution in [2.24, 2.45) is 5.92 Å². The second kappa shape index (κ2) is 3.37. The minimum Gasteiger partial charge on any atom is -0.461 e. The molecule has 2 nitrogen and oxygen atoms in total. The van der Waals surface area contributed by atoms with E-state index in [1.807, 2.05) is 32.1 Å². The molecule has 0 aromatic heterocycles. The van der Waals surface area contributed by atoms with Crippen LogP contribution in [0.1, 0.15) is 13.8 Å². The Hall–Kier alpha value is -1.05. The fourth-order valence-electron chi connectivity index (χ4n) is 1.21. The Labute approximate surface area is 66.5 Å². The summed E-state index contributed by atoms with van der Waals surface area (Å²) in [6.07, 6.45) is 5.75. The molecule has 0 radical (unpaired) electrons. The van der Waals surface area contributed by atoms with E-state index in [1.54, 1.807) is 0 Å². The Morgan fingerprint density at radius 2 is 2.27 bits per heavy atom. The molecule has 0 spiro atoms. The monoisotopic (exact) mass is 152 g/mol. The van der Waals surface area contributed by atoms with E-state index >= 15 is 0 Å². The molecule has 60 valence electrons. The highest BCUT2D eigenvalue weighted by Crippen LogP contribution is 2.21. The molecule has 1 fully saturated rings. The lowest BCUT2D eigenvalue weighted by Crippen LogP contribution is -1.99. The van der Waals surface area contributed by atoms with Crippen molar-refractivity contribution in [1.29, 1.82) is 0 Å². The summed E-state index contributed by atoms with van der Waals surface area (Å²) in [7, 11) is 0. The van der Waals surface area contributed by atoms with Gasteiger partial charge in [0.05, 0.1) is 0 Å². The summed E-state index contributed by atoms with van der Waals surface area (Å²) in [4.78, 5) is 11.0. The van der Waals surface area contributed by atoms with Crippen LogP contribution in [0, 0.1) is 5.92 Å². The van der Waals surface area contributed by atoms with Gasteiger partial charge >= 0.3 is 5.97 Å². The maximum Gasteiger partial charge on any atom is 0.334 e. The van der Waals surface area contributed by atoms with Gasteiger partial charge in [0.15, 0.2) is 0 Å². The van der Waals surface area contributed by atoms with Gasteiger partial charge in [-0.2, -0.15) is 0 Å². The summed E-state index contributed by atoms with van der Waals surface area (Å²) in [5, 5.41) is 0. The first-order valence-corrected chi connectivity index (χ1v) is 3.75. The zero-order valence-electron chi connectivity index (χ0n) is 6.83. The first-order valence-electron chi connectivity index (χ1n) is 3.75. The summed E-state index contributed by atoms with van der Waals surface area (Å²) in [6, 6.07) is 0. The molecule has 0 aromatic rings. The third-order valence-electron chi connectivity index (χ3n) is 1.76. The molecule has 1 saturated heterocycles. The van der Waals surface area contributed by atoms with Crippen molar-refractivity contribution in [3.05, 3.63) is 23.8 Å². The van der Waals surface area contributed by atoms with E-state index < -0.39 is 0 Å². The van der Waals surface area contributed by atoms with Gasteiger partial charge in [0.1, 0.15) is 6.61 Å². The van der Waals surface area contributed by atoms with Gasteiger partial charge in [0.2, 0.25) is 0 Å². The van der Waals surface area contributed by atoms with Crippen LogP contribution in [0.3, 0.4) is 0 Å². The van der Waals surface area contributed by atoms with Gasteiger partial charge in [-0.1, -0.05) is 18.2 Å². The molecule has 1 aliphatic heterocycles. The minimum absolute atomic E-state index is 0.171. The van der Waals surface area contributed by atoms with Gasteiger partial charge in [-0.05, 0) is 13.8 Å². The third kappa shape index (κ3) is 1.50. The average Bonchev–Trinajstić information content (AvgIpc) is 2.33. The summed E-state index contributed by atoms with van der Waals surface area (Å²) >= 11 is 0. The number of carbonyl (C=O) groups excluding carboxylic acids is 1. The predicted molar refractivity (Wildman–Crippen MR) is 43.0 cm³/mol. The zero-order chi connectivity index (χ0) is 8.27. The molecular weight excluding hydrogens is 140 g/mol. The maximum absolute atomic E-state index is 11.0. The number of allylic oxidation sites excluding steroid dienone is 2. The van der Waals surface area contributed by atoms with Gasteiger partial charge in [-0.3, -0.25) is 0 Å². The van der Waals surface area contributed by atoms with Gasteiger partial charge in [-0.15, -0.1) is 0 Å². The number of hydrogen-bond donors (Lipinski definition) is 0. The Bertz CT molecular complexity index is 214. The lowest BCUT2D eigenvalue weighted by atomic mass is 10.0. The van der Waals surface area contributed by atoms with E-state index in [9.17, 15) is 4.79 Å². The fraction of sp³-hybridized carbons (Fsp3) is 0.444. The topological polar surface area (TPSA) is 26.3 Å². The Morgan fingerprint density at radius 3 is 2.82 bits per heavy atom. The fourth-order valence-corrected chi connectivity index (χ4v) is 1.21. The first kappa shape index (κ1) is 8.05. The maximum atomic E-state index is 11.0. The van der Waals surface area contributed by atoms with E-state index in [-0.39, 0.29) is 11.9 Å². The number of ether oxygens (including phenoxy) is 1. The largest absolute Gasteiger partial charge is 0.461 e. The zero-order valence-corrected chi connectivity index (χ0v) is 6.83. The second-order valence-corrected chi connectivity index (χ2v) is 2.47. The summed E-state index contributed by atoms with van der Waals surface area (Å²) in [6.45, 7) is 4.30. The normalized spacial score (nSPS) is 28.4. The lowest BCUT2D eigenvalue weighted by Gasteiger charge is -1.97. The van der Waals surface area contributed by atoms with Crippen molar-refractivity contribution in [1.82, 2.24) is 0 Å². The first-order chi connectivity index (χ1) is 5.29. The Balaban J connectivity index is 2.77. The predicted octanol–water partition coefficient (Wildman–Crippen LogP) is 1.68. The van der Waals surface area contributed by atoms with E-state index in [1.165, 1.54) is 0 Å². The van der Waals surface area contributed by atoms with Crippen molar-refractivity contribution < 1.29 is 9.53 Å². The quantitative estimate of drug-likeness (QED) is 0.324. The summed E-state index contributed by atoms with van der Waals surface area (Å²) in [5.74, 6) is 0.00750. The third-order valence-corrected chi connectivity index (χ3v) is 1.76. The highest BCUT2D eigenvalue weighted by molar-refractivity contribution is 5.91. The van der Waals surface area contributed by atoms with Crippen LogP contribution in [0.4, 0.5) is 0 Å². The molecule has 0 aromatic carbocycles. The van der Waals surface area contributed by atoms with E-state index in [0.29, 0.717) is 6.61 Å². The molecule has 1 aliphatic rings. The Morgan fingerprint density at radius 1 is 1.55 bits per heavy atom. The molecular formula is C9H12O2. The number of cyclic esters (lactones) is 1. The van der Waals surface area contributed by atoms with Crippen LogP contribution in [0.2, 0.25) is 0 Å². The molecule has 0 unspecified atom stereocenters. The van der Waals surface area contributed by atoms with Crippen LogP contribution in [-0.2, 0) is 9.53 Å². The van der Waals surface area contributed by atoms with Gasteiger partial charge in [-0.25, -0.2) is 4.79 Å². The molecule has 0 amide bonds. The number of rotatable bonds is 1. The lowest BCUT2D eigenvalue weighted by molar-refractivity contribution is -0.135. The van der Waals surface area contributed by atoms with Crippen molar-refractivity contribution in [3.63, 3.8) is 0 Å². The molecule has 0 bridgehead atoms. The number of hydrogen-bond acceptors (Lipinski definition) is 2. The van der Waals surface area contributed by atoms with Crippen molar-refractivity contribution >= 4 is 5.97 Å². The van der Waals surface area contributed by atoms with Crippen molar-refractivity contribution in [3.8, 4) is 0 Å². The number of carbonyl (C=O) groups is 1. The van der Waals surface area contributed by atoms with Crippen LogP contribution in [0.25, 0.3) is 0 Å². The van der Waals surface area contributed by atoms with Crippen LogP contribution in [0.15, 0.2) is 23.8 Å². The molecule has 0 N–H and O–H groups in total. The van der Waals surface area contributed by atoms with Crippen LogP contribution in [0.5, 0.6) is 0 Å². The average molecular weight is 152 g/mol. The highest BCUT2D eigenvalue weighted by atomic mass is 16.5. The van der Waals surface area contributed by atoms with Gasteiger partial charge < -0.3 is 4.74 Å². The van der Waals surface area contributed by atoms with E-state index in [4.69, 9.17) is 4.74 Å². The van der Waals surface area contributed by atoms with Crippen molar-refractivity contribution in [2.75, 3.05) is 6.61 Å². The minimum atomic E-state index is -0.171. The molecule has 11 heavy (non-hydrogen) atoms. The van der Waals surface area contributed by atoms with Crippen LogP contribution >= 0.6 is 0 Å². The Kier molecular flexibility index (Phi) is 2.47. The van der Waals surface area contributed by atoms with E-state index in [0.717, 1.165) is 5.57 Å². The summed E-state index contributed by atoms with van der Waals surface area (Å²) in [5.41, 5.74) is 0.781. The molecule has 0 aliphatic carbocycles. The smallest absolute Gasteiger partial charge is 0.334 e. The van der Waals surface area contributed by atoms with Crippen molar-refractivity contribution in [2.45, 2.75) is 13.8 Å². The van der Waals surface area contributed by atoms with Crippen LogP contribution < -0.4 is 0 Å². The van der Waals surface area contributed by atoms with Gasteiger partial charge in [0, 0.05) is 11.5 Å². The molecule has 1 rings (SSSR count). The molecule has 1 heterocycles. The molecule has 0 saturated carbocycles. The summed E-state index contributed by atoms with van der Waals surface area (Å²) < 4.78 is 4.86. The molecule has 1 atom stereocenters. The molecule has 2 heteroatoms. The van der Waals surface area contributed by atoms with Crippen LogP contribution in [-0.4, -0.2) is 12.6 Å². The number of esters is 1. The highest BCUT2D eigenvalue weighted by Gasteiger charge is 2.26. The SMILES string of the molecule is C/C=C/[C@H]1COC(=O)/C1=C/C. The second-order valence-electron chi connectivity index (χ2n) is 2.47. The standard InChI is InChI=1S/C9H12O2/c1-3-5-7-6-11-9(10)8(7)4-2/h3-5,7H,6H2,1-2H3/b5-3+,8-4+/t7-/m0/s1. The van der Waals surface area contributed by atoms with E-state index in [2.05, 4.69) is 0 Å².